The van der Waals surface area contributed by atoms with E-state index in [-0.39, 0.29) is 12.4 Å². The van der Waals surface area contributed by atoms with E-state index < -0.39 is 11.7 Å². The highest BCUT2D eigenvalue weighted by Crippen LogP contribution is 2.27. The van der Waals surface area contributed by atoms with Crippen molar-refractivity contribution in [2.75, 3.05) is 0 Å². The van der Waals surface area contributed by atoms with Crippen molar-refractivity contribution >= 4 is 6.09 Å². The minimum Gasteiger partial charge on any atom is -0.444 e. The van der Waals surface area contributed by atoms with Gasteiger partial charge in [-0.2, -0.15) is 5.26 Å². The Labute approximate surface area is 174 Å². The van der Waals surface area contributed by atoms with Crippen LogP contribution in [0.3, 0.4) is 0 Å². The number of carbonyl (C=O) groups excluding carboxylic acids is 1. The first-order chi connectivity index (χ1) is 14.2. The molecule has 0 radical (unpaired) electrons. The number of pyridine rings is 2. The van der Waals surface area contributed by atoms with E-state index in [1.165, 1.54) is 12.1 Å². The number of halogens is 1. The van der Waals surface area contributed by atoms with Crippen LogP contribution < -0.4 is 5.32 Å². The number of nitrogens with zero attached hydrogens (tertiary/aromatic N) is 3. The van der Waals surface area contributed by atoms with E-state index in [1.807, 2.05) is 6.07 Å². The normalized spacial score (nSPS) is 10.9. The van der Waals surface area contributed by atoms with Gasteiger partial charge in [0.2, 0.25) is 0 Å². The molecule has 0 unspecified atom stereocenters. The first kappa shape index (κ1) is 20.9. The molecule has 1 aromatic carbocycles. The molecule has 3 rings (SSSR count). The summed E-state index contributed by atoms with van der Waals surface area (Å²) in [6.07, 6.45) is 2.64. The second-order valence-electron chi connectivity index (χ2n) is 7.63. The molecule has 0 saturated carbocycles. The lowest BCUT2D eigenvalue weighted by Gasteiger charge is -2.20. The predicted octanol–water partition coefficient (Wildman–Crippen LogP) is 4.85. The van der Waals surface area contributed by atoms with Crippen molar-refractivity contribution < 1.29 is 13.9 Å². The Kier molecular flexibility index (Phi) is 6.07. The van der Waals surface area contributed by atoms with E-state index in [4.69, 9.17) is 4.74 Å². The van der Waals surface area contributed by atoms with Gasteiger partial charge in [-0.25, -0.2) is 9.18 Å². The number of benzene rings is 1. The summed E-state index contributed by atoms with van der Waals surface area (Å²) >= 11 is 0. The first-order valence-corrected chi connectivity index (χ1v) is 9.33. The van der Waals surface area contributed by atoms with E-state index in [1.54, 1.807) is 57.4 Å². The molecule has 0 atom stereocenters. The smallest absolute Gasteiger partial charge is 0.407 e. The van der Waals surface area contributed by atoms with Gasteiger partial charge in [0.05, 0.1) is 23.0 Å². The van der Waals surface area contributed by atoms with Gasteiger partial charge in [-0.3, -0.25) is 9.97 Å². The quantitative estimate of drug-likeness (QED) is 0.672. The van der Waals surface area contributed by atoms with Crippen molar-refractivity contribution in [3.8, 4) is 28.6 Å². The highest BCUT2D eigenvalue weighted by molar-refractivity contribution is 5.73. The molecule has 1 amide bonds. The Bertz CT molecular complexity index is 1100. The van der Waals surface area contributed by atoms with Gasteiger partial charge < -0.3 is 10.1 Å². The molecule has 7 heteroatoms. The summed E-state index contributed by atoms with van der Waals surface area (Å²) in [6.45, 7) is 5.52. The molecule has 0 aliphatic carbocycles. The Morgan fingerprint density at radius 2 is 1.87 bits per heavy atom. The van der Waals surface area contributed by atoms with Crippen LogP contribution in [0.5, 0.6) is 0 Å². The molecule has 0 fully saturated rings. The minimum absolute atomic E-state index is 0.166. The fraction of sp³-hybridized carbons (Fsp3) is 0.217. The summed E-state index contributed by atoms with van der Waals surface area (Å²) in [5, 5.41) is 11.9. The molecule has 2 heterocycles. The van der Waals surface area contributed by atoms with Crippen LogP contribution in [0.2, 0.25) is 0 Å². The number of rotatable bonds is 4. The number of nitriles is 1. The van der Waals surface area contributed by atoms with Gasteiger partial charge in [0.15, 0.2) is 0 Å². The molecule has 0 aliphatic rings. The molecule has 152 valence electrons. The van der Waals surface area contributed by atoms with Crippen LogP contribution in [0, 0.1) is 17.1 Å². The maximum Gasteiger partial charge on any atom is 0.407 e. The van der Waals surface area contributed by atoms with Gasteiger partial charge in [-0.15, -0.1) is 0 Å². The number of hydrogen-bond donors (Lipinski definition) is 1. The van der Waals surface area contributed by atoms with Crippen molar-refractivity contribution in [3.05, 3.63) is 71.8 Å². The average molecular weight is 404 g/mol. The molecular formula is C23H21FN4O2. The molecule has 0 saturated heterocycles. The van der Waals surface area contributed by atoms with Crippen LogP contribution in [-0.2, 0) is 11.3 Å². The van der Waals surface area contributed by atoms with Crippen molar-refractivity contribution in [2.24, 2.45) is 0 Å². The second kappa shape index (κ2) is 8.70. The summed E-state index contributed by atoms with van der Waals surface area (Å²) in [5.41, 5.74) is 3.19. The summed E-state index contributed by atoms with van der Waals surface area (Å²) in [4.78, 5) is 20.9. The number of nitrogens with one attached hydrogen (secondary N) is 1. The van der Waals surface area contributed by atoms with Crippen LogP contribution in [0.25, 0.3) is 22.5 Å². The number of ether oxygens (including phenoxy) is 1. The summed E-state index contributed by atoms with van der Waals surface area (Å²) in [6, 6.07) is 13.2. The fourth-order valence-electron chi connectivity index (χ4n) is 2.77. The molecular weight excluding hydrogens is 383 g/mol. The van der Waals surface area contributed by atoms with Crippen molar-refractivity contribution in [1.82, 2.24) is 15.3 Å². The van der Waals surface area contributed by atoms with Crippen LogP contribution >= 0.6 is 0 Å². The van der Waals surface area contributed by atoms with Gasteiger partial charge in [0, 0.05) is 30.1 Å². The first-order valence-electron chi connectivity index (χ1n) is 9.33. The highest BCUT2D eigenvalue weighted by atomic mass is 19.1. The van der Waals surface area contributed by atoms with Crippen molar-refractivity contribution in [2.45, 2.75) is 32.9 Å². The molecule has 3 aromatic rings. The average Bonchev–Trinajstić information content (AvgIpc) is 2.71. The largest absolute Gasteiger partial charge is 0.444 e. The summed E-state index contributed by atoms with van der Waals surface area (Å²) < 4.78 is 18.6. The number of amides is 1. The monoisotopic (exact) mass is 404 g/mol. The molecule has 30 heavy (non-hydrogen) atoms. The van der Waals surface area contributed by atoms with E-state index in [0.29, 0.717) is 28.1 Å². The zero-order valence-electron chi connectivity index (χ0n) is 16.9. The van der Waals surface area contributed by atoms with E-state index in [0.717, 1.165) is 5.56 Å². The van der Waals surface area contributed by atoms with Gasteiger partial charge in [0.1, 0.15) is 11.4 Å². The van der Waals surface area contributed by atoms with E-state index in [2.05, 4.69) is 21.4 Å². The molecule has 0 spiro atoms. The lowest BCUT2D eigenvalue weighted by molar-refractivity contribution is 0.0523. The number of aromatic nitrogens is 2. The van der Waals surface area contributed by atoms with Gasteiger partial charge in [-0.05, 0) is 68.8 Å². The minimum atomic E-state index is -0.611. The van der Waals surface area contributed by atoms with E-state index in [9.17, 15) is 14.4 Å². The predicted molar refractivity (Wildman–Crippen MR) is 111 cm³/mol. The molecule has 1 N–H and O–H groups in total. The molecule has 0 aliphatic heterocycles. The third-order valence-corrected chi connectivity index (χ3v) is 4.11. The zero-order chi connectivity index (χ0) is 21.7. The van der Waals surface area contributed by atoms with Crippen LogP contribution in [0.15, 0.2) is 54.9 Å². The third kappa shape index (κ3) is 5.39. The van der Waals surface area contributed by atoms with Crippen molar-refractivity contribution in [1.29, 1.82) is 5.26 Å². The molecule has 6 nitrogen and oxygen atoms in total. The number of carbonyl (C=O) groups is 1. The topological polar surface area (TPSA) is 87.9 Å². The van der Waals surface area contributed by atoms with Crippen molar-refractivity contribution in [3.63, 3.8) is 0 Å². The number of alkyl carbamates (subject to hydrolysis) is 1. The SMILES string of the molecule is CC(C)(C)OC(=O)NCc1cnc(-c2ccc(F)cc2)cc1-c1cc(C#N)ccn1. The van der Waals surface area contributed by atoms with Crippen LogP contribution in [-0.4, -0.2) is 21.7 Å². The Hall–Kier alpha value is -3.79. The summed E-state index contributed by atoms with van der Waals surface area (Å²) in [5.74, 6) is -0.333. The third-order valence-electron chi connectivity index (χ3n) is 4.11. The van der Waals surface area contributed by atoms with Gasteiger partial charge in [-0.1, -0.05) is 0 Å². The zero-order valence-corrected chi connectivity index (χ0v) is 16.9. The van der Waals surface area contributed by atoms with Gasteiger partial charge >= 0.3 is 6.09 Å². The maximum atomic E-state index is 13.3. The Morgan fingerprint density at radius 1 is 1.13 bits per heavy atom. The lowest BCUT2D eigenvalue weighted by Crippen LogP contribution is -2.32. The molecule has 0 bridgehead atoms. The standard InChI is InChI=1S/C23H21FN4O2/c1-23(2,3)30-22(29)28-14-17-13-27-20(16-4-6-18(24)7-5-16)11-19(17)21-10-15(12-25)8-9-26-21/h4-11,13H,14H2,1-3H3,(H,28,29). The van der Waals surface area contributed by atoms with E-state index >= 15 is 0 Å². The second-order valence-corrected chi connectivity index (χ2v) is 7.63. The summed E-state index contributed by atoms with van der Waals surface area (Å²) in [7, 11) is 0. The molecule has 2 aromatic heterocycles. The Morgan fingerprint density at radius 3 is 2.53 bits per heavy atom. The lowest BCUT2D eigenvalue weighted by atomic mass is 10.0. The van der Waals surface area contributed by atoms with Crippen LogP contribution in [0.1, 0.15) is 31.9 Å². The Balaban J connectivity index is 1.97. The van der Waals surface area contributed by atoms with Gasteiger partial charge in [0.25, 0.3) is 0 Å². The van der Waals surface area contributed by atoms with Crippen LogP contribution in [0.4, 0.5) is 9.18 Å². The fourth-order valence-corrected chi connectivity index (χ4v) is 2.77. The number of hydrogen-bond acceptors (Lipinski definition) is 5. The maximum absolute atomic E-state index is 13.3. The highest BCUT2D eigenvalue weighted by Gasteiger charge is 2.17.